The Bertz CT molecular complexity index is 511. The standard InChI is InChI=1S/C11H10ClN3O3/c1-2-5-13-7-11(16)14-9-6-8(12)3-4-10(9)15(17)18/h1,3-4,6,13H,5,7H2,(H,14,16). The zero-order chi connectivity index (χ0) is 13.5. The molecule has 0 aliphatic rings. The van der Waals surface area contributed by atoms with Crippen molar-refractivity contribution < 1.29 is 9.72 Å². The smallest absolute Gasteiger partial charge is 0.292 e. The second-order valence-corrected chi connectivity index (χ2v) is 3.71. The predicted octanol–water partition coefficient (Wildman–Crippen LogP) is 1.41. The summed E-state index contributed by atoms with van der Waals surface area (Å²) in [6.45, 7) is 0.207. The van der Waals surface area contributed by atoms with Crippen molar-refractivity contribution in [3.05, 3.63) is 33.3 Å². The quantitative estimate of drug-likeness (QED) is 0.366. The Kier molecular flexibility index (Phi) is 5.11. The fourth-order valence-electron chi connectivity index (χ4n) is 1.21. The molecule has 1 amide bonds. The van der Waals surface area contributed by atoms with Crippen LogP contribution >= 0.6 is 11.6 Å². The molecule has 1 rings (SSSR count). The molecule has 7 heteroatoms. The van der Waals surface area contributed by atoms with Gasteiger partial charge in [-0.25, -0.2) is 0 Å². The van der Waals surface area contributed by atoms with Crippen LogP contribution in [0, 0.1) is 22.5 Å². The highest BCUT2D eigenvalue weighted by Gasteiger charge is 2.15. The minimum Gasteiger partial charge on any atom is -0.319 e. The summed E-state index contributed by atoms with van der Waals surface area (Å²) in [6.07, 6.45) is 5.00. The van der Waals surface area contributed by atoms with Crippen molar-refractivity contribution in [3.63, 3.8) is 0 Å². The maximum Gasteiger partial charge on any atom is 0.292 e. The number of rotatable bonds is 5. The molecule has 94 valence electrons. The average molecular weight is 268 g/mol. The molecule has 18 heavy (non-hydrogen) atoms. The molecule has 0 aliphatic heterocycles. The van der Waals surface area contributed by atoms with Crippen LogP contribution in [0.15, 0.2) is 18.2 Å². The van der Waals surface area contributed by atoms with E-state index in [-0.39, 0.29) is 24.5 Å². The number of anilines is 1. The number of nitro groups is 1. The number of carbonyl (C=O) groups is 1. The monoisotopic (exact) mass is 267 g/mol. The molecule has 0 unspecified atom stereocenters. The van der Waals surface area contributed by atoms with Gasteiger partial charge in [-0.3, -0.25) is 20.2 Å². The number of nitrogens with zero attached hydrogens (tertiary/aromatic N) is 1. The van der Waals surface area contributed by atoms with Crippen molar-refractivity contribution in [2.75, 3.05) is 18.4 Å². The summed E-state index contributed by atoms with van der Waals surface area (Å²) in [6, 6.07) is 3.93. The van der Waals surface area contributed by atoms with Crippen LogP contribution in [0.2, 0.25) is 5.02 Å². The first kappa shape index (κ1) is 14.0. The normalized spacial score (nSPS) is 9.56. The van der Waals surface area contributed by atoms with Crippen LogP contribution in [-0.2, 0) is 4.79 Å². The van der Waals surface area contributed by atoms with Gasteiger partial charge in [0.25, 0.3) is 5.69 Å². The van der Waals surface area contributed by atoms with Crippen molar-refractivity contribution in [2.45, 2.75) is 0 Å². The van der Waals surface area contributed by atoms with Crippen LogP contribution < -0.4 is 10.6 Å². The first-order chi connectivity index (χ1) is 8.54. The SMILES string of the molecule is C#CCNCC(=O)Nc1cc(Cl)ccc1[N+](=O)[O-]. The third kappa shape index (κ3) is 4.05. The van der Waals surface area contributed by atoms with E-state index in [2.05, 4.69) is 16.6 Å². The molecule has 0 saturated heterocycles. The topological polar surface area (TPSA) is 84.3 Å². The van der Waals surface area contributed by atoms with Crippen molar-refractivity contribution in [3.8, 4) is 12.3 Å². The molecular weight excluding hydrogens is 258 g/mol. The largest absolute Gasteiger partial charge is 0.319 e. The summed E-state index contributed by atoms with van der Waals surface area (Å²) < 4.78 is 0. The van der Waals surface area contributed by atoms with Gasteiger partial charge in [0, 0.05) is 11.1 Å². The highest BCUT2D eigenvalue weighted by atomic mass is 35.5. The molecular formula is C11H10ClN3O3. The number of halogens is 1. The molecule has 0 fully saturated rings. The van der Waals surface area contributed by atoms with Crippen LogP contribution in [0.5, 0.6) is 0 Å². The first-order valence-electron chi connectivity index (χ1n) is 4.92. The van der Waals surface area contributed by atoms with Crippen molar-refractivity contribution in [1.29, 1.82) is 0 Å². The molecule has 1 aromatic rings. The fraction of sp³-hybridized carbons (Fsp3) is 0.182. The van der Waals surface area contributed by atoms with E-state index < -0.39 is 10.8 Å². The Morgan fingerprint density at radius 1 is 1.56 bits per heavy atom. The lowest BCUT2D eigenvalue weighted by Gasteiger charge is -2.06. The zero-order valence-corrected chi connectivity index (χ0v) is 10.0. The second kappa shape index (κ2) is 6.59. The number of amides is 1. The Morgan fingerprint density at radius 3 is 2.89 bits per heavy atom. The van der Waals surface area contributed by atoms with E-state index in [1.807, 2.05) is 0 Å². The zero-order valence-electron chi connectivity index (χ0n) is 9.27. The van der Waals surface area contributed by atoms with Gasteiger partial charge in [0.2, 0.25) is 5.91 Å². The summed E-state index contributed by atoms with van der Waals surface area (Å²) in [5.74, 6) is 1.87. The van der Waals surface area contributed by atoms with Gasteiger partial charge in [-0.2, -0.15) is 0 Å². The van der Waals surface area contributed by atoms with E-state index in [9.17, 15) is 14.9 Å². The maximum absolute atomic E-state index is 11.5. The number of nitrogens with one attached hydrogen (secondary N) is 2. The van der Waals surface area contributed by atoms with Crippen LogP contribution in [0.3, 0.4) is 0 Å². The molecule has 0 aliphatic carbocycles. The van der Waals surface area contributed by atoms with Gasteiger partial charge in [0.15, 0.2) is 0 Å². The molecule has 1 aromatic carbocycles. The highest BCUT2D eigenvalue weighted by Crippen LogP contribution is 2.27. The van der Waals surface area contributed by atoms with Gasteiger partial charge in [0.05, 0.1) is 18.0 Å². The molecule has 0 bridgehead atoms. The van der Waals surface area contributed by atoms with Crippen LogP contribution in [0.4, 0.5) is 11.4 Å². The third-order valence-electron chi connectivity index (χ3n) is 1.94. The Morgan fingerprint density at radius 2 is 2.28 bits per heavy atom. The van der Waals surface area contributed by atoms with Gasteiger partial charge in [0.1, 0.15) is 5.69 Å². The van der Waals surface area contributed by atoms with Crippen molar-refractivity contribution >= 4 is 28.9 Å². The van der Waals surface area contributed by atoms with Crippen LogP contribution in [-0.4, -0.2) is 23.9 Å². The second-order valence-electron chi connectivity index (χ2n) is 3.27. The number of carbonyl (C=O) groups excluding carboxylic acids is 1. The Balaban J connectivity index is 2.77. The summed E-state index contributed by atoms with van der Waals surface area (Å²) >= 11 is 5.72. The lowest BCUT2D eigenvalue weighted by atomic mass is 10.2. The number of hydrogen-bond acceptors (Lipinski definition) is 4. The minimum absolute atomic E-state index is 0.0339. The predicted molar refractivity (Wildman–Crippen MR) is 68.4 cm³/mol. The highest BCUT2D eigenvalue weighted by molar-refractivity contribution is 6.31. The minimum atomic E-state index is -0.596. The van der Waals surface area contributed by atoms with Gasteiger partial charge in [-0.1, -0.05) is 17.5 Å². The first-order valence-corrected chi connectivity index (χ1v) is 5.30. The molecule has 6 nitrogen and oxygen atoms in total. The van der Waals surface area contributed by atoms with Gasteiger partial charge in [-0.05, 0) is 12.1 Å². The number of benzene rings is 1. The number of terminal acetylenes is 1. The molecule has 0 atom stereocenters. The number of nitro benzene ring substituents is 1. The fourth-order valence-corrected chi connectivity index (χ4v) is 1.38. The molecule has 0 spiro atoms. The Labute approximate surface area is 108 Å². The van der Waals surface area contributed by atoms with E-state index in [0.717, 1.165) is 0 Å². The molecule has 0 radical (unpaired) electrons. The van der Waals surface area contributed by atoms with Gasteiger partial charge in [-0.15, -0.1) is 6.42 Å². The Hall–Kier alpha value is -2.10. The van der Waals surface area contributed by atoms with E-state index in [4.69, 9.17) is 18.0 Å². The lowest BCUT2D eigenvalue weighted by Crippen LogP contribution is -2.28. The van der Waals surface area contributed by atoms with E-state index in [1.165, 1.54) is 18.2 Å². The maximum atomic E-state index is 11.5. The van der Waals surface area contributed by atoms with Crippen LogP contribution in [0.25, 0.3) is 0 Å². The van der Waals surface area contributed by atoms with Crippen molar-refractivity contribution in [2.24, 2.45) is 0 Å². The van der Waals surface area contributed by atoms with E-state index in [0.29, 0.717) is 5.02 Å². The summed E-state index contributed by atoms with van der Waals surface area (Å²) in [5, 5.41) is 16.1. The van der Waals surface area contributed by atoms with Gasteiger partial charge < -0.3 is 5.32 Å². The lowest BCUT2D eigenvalue weighted by molar-refractivity contribution is -0.383. The van der Waals surface area contributed by atoms with Crippen molar-refractivity contribution in [1.82, 2.24) is 5.32 Å². The van der Waals surface area contributed by atoms with Crippen LogP contribution in [0.1, 0.15) is 0 Å². The van der Waals surface area contributed by atoms with E-state index >= 15 is 0 Å². The molecule has 2 N–H and O–H groups in total. The summed E-state index contributed by atoms with van der Waals surface area (Å²) in [5.41, 5.74) is -0.162. The number of hydrogen-bond donors (Lipinski definition) is 2. The summed E-state index contributed by atoms with van der Waals surface area (Å²) in [7, 11) is 0. The summed E-state index contributed by atoms with van der Waals surface area (Å²) in [4.78, 5) is 21.6. The molecule has 0 saturated carbocycles. The average Bonchev–Trinajstić information content (AvgIpc) is 2.29. The molecule has 0 heterocycles. The van der Waals surface area contributed by atoms with E-state index in [1.54, 1.807) is 0 Å². The third-order valence-corrected chi connectivity index (χ3v) is 2.18. The van der Waals surface area contributed by atoms with Gasteiger partial charge >= 0.3 is 0 Å². The molecule has 0 aromatic heterocycles.